The first-order valence-electron chi connectivity index (χ1n) is 6.52. The first-order valence-corrected chi connectivity index (χ1v) is 6.52. The third-order valence-electron chi connectivity index (χ3n) is 3.04. The minimum absolute atomic E-state index is 0.109. The van der Waals surface area contributed by atoms with Gasteiger partial charge in [0.25, 0.3) is 0 Å². The molecule has 1 atom stereocenters. The zero-order valence-electron chi connectivity index (χ0n) is 11.7. The van der Waals surface area contributed by atoms with Crippen LogP contribution in [0.4, 0.5) is 4.39 Å². The maximum atomic E-state index is 13.8. The van der Waals surface area contributed by atoms with Crippen LogP contribution in [0.5, 0.6) is 11.5 Å². The lowest BCUT2D eigenvalue weighted by Crippen LogP contribution is -2.54. The second-order valence-electron chi connectivity index (χ2n) is 4.58. The molecule has 0 saturated heterocycles. The standard InChI is InChI=1S/C16H16FNO3/c1-20-16(19)10-14(18)11-7-8-13(17)15(9-11)21-12-5-3-2-4-6-12/h2-9,14H,10,18H2,1H3/p+1/t14-/m0/s1. The van der Waals surface area contributed by atoms with Gasteiger partial charge in [-0.2, -0.15) is 0 Å². The van der Waals surface area contributed by atoms with Crippen molar-refractivity contribution < 1.29 is 24.4 Å². The fourth-order valence-corrected chi connectivity index (χ4v) is 1.87. The molecule has 21 heavy (non-hydrogen) atoms. The van der Waals surface area contributed by atoms with Gasteiger partial charge < -0.3 is 15.2 Å². The van der Waals surface area contributed by atoms with Crippen LogP contribution in [-0.2, 0) is 9.53 Å². The van der Waals surface area contributed by atoms with Gasteiger partial charge in [-0.1, -0.05) is 18.2 Å². The Balaban J connectivity index is 2.19. The van der Waals surface area contributed by atoms with Gasteiger partial charge in [-0.05, 0) is 30.3 Å². The fraction of sp³-hybridized carbons (Fsp3) is 0.188. The summed E-state index contributed by atoms with van der Waals surface area (Å²) in [7, 11) is 1.32. The summed E-state index contributed by atoms with van der Waals surface area (Å²) in [6.45, 7) is 0. The number of hydrogen-bond donors (Lipinski definition) is 1. The molecule has 0 bridgehead atoms. The van der Waals surface area contributed by atoms with Gasteiger partial charge in [0.05, 0.1) is 7.11 Å². The number of halogens is 1. The van der Waals surface area contributed by atoms with Crippen molar-refractivity contribution in [1.29, 1.82) is 0 Å². The lowest BCUT2D eigenvalue weighted by Gasteiger charge is -2.11. The molecule has 0 aliphatic rings. The highest BCUT2D eigenvalue weighted by Crippen LogP contribution is 2.27. The first kappa shape index (κ1) is 15.0. The summed E-state index contributed by atoms with van der Waals surface area (Å²) < 4.78 is 23.9. The van der Waals surface area contributed by atoms with Gasteiger partial charge in [0.2, 0.25) is 0 Å². The lowest BCUT2D eigenvalue weighted by atomic mass is 10.0. The third kappa shape index (κ3) is 4.03. The summed E-state index contributed by atoms with van der Waals surface area (Å²) in [6, 6.07) is 13.1. The Bertz CT molecular complexity index is 616. The zero-order valence-corrected chi connectivity index (χ0v) is 11.7. The quantitative estimate of drug-likeness (QED) is 0.860. The summed E-state index contributed by atoms with van der Waals surface area (Å²) in [5.41, 5.74) is 4.61. The summed E-state index contributed by atoms with van der Waals surface area (Å²) in [4.78, 5) is 11.3. The van der Waals surface area contributed by atoms with Crippen molar-refractivity contribution in [2.75, 3.05) is 7.11 Å². The molecule has 0 unspecified atom stereocenters. The maximum absolute atomic E-state index is 13.8. The van der Waals surface area contributed by atoms with Crippen LogP contribution >= 0.6 is 0 Å². The van der Waals surface area contributed by atoms with Gasteiger partial charge in [0.1, 0.15) is 18.2 Å². The van der Waals surface area contributed by atoms with E-state index >= 15 is 0 Å². The molecular formula is C16H17FNO3+. The average Bonchev–Trinajstić information content (AvgIpc) is 2.50. The van der Waals surface area contributed by atoms with E-state index in [-0.39, 0.29) is 24.2 Å². The zero-order chi connectivity index (χ0) is 15.2. The van der Waals surface area contributed by atoms with E-state index in [0.29, 0.717) is 11.3 Å². The molecule has 0 aliphatic carbocycles. The Kier molecular flexibility index (Phi) is 4.90. The highest BCUT2D eigenvalue weighted by Gasteiger charge is 2.17. The molecule has 0 saturated carbocycles. The normalized spacial score (nSPS) is 11.8. The molecular weight excluding hydrogens is 273 g/mol. The molecule has 4 nitrogen and oxygen atoms in total. The van der Waals surface area contributed by atoms with Crippen molar-refractivity contribution in [3.05, 3.63) is 59.9 Å². The van der Waals surface area contributed by atoms with E-state index in [2.05, 4.69) is 10.5 Å². The number of carbonyl (C=O) groups excluding carboxylic acids is 1. The van der Waals surface area contributed by atoms with E-state index in [0.717, 1.165) is 0 Å². The predicted molar refractivity (Wildman–Crippen MR) is 75.2 cm³/mol. The van der Waals surface area contributed by atoms with E-state index in [1.54, 1.807) is 36.4 Å². The molecule has 0 heterocycles. The van der Waals surface area contributed by atoms with Gasteiger partial charge >= 0.3 is 5.97 Å². The van der Waals surface area contributed by atoms with Crippen molar-refractivity contribution in [3.8, 4) is 11.5 Å². The number of rotatable bonds is 5. The number of methoxy groups -OCH3 is 1. The van der Waals surface area contributed by atoms with E-state index in [9.17, 15) is 9.18 Å². The molecule has 0 radical (unpaired) electrons. The smallest absolute Gasteiger partial charge is 0.311 e. The molecule has 0 aromatic heterocycles. The van der Waals surface area contributed by atoms with E-state index < -0.39 is 5.82 Å². The van der Waals surface area contributed by atoms with Crippen LogP contribution in [0, 0.1) is 5.82 Å². The number of esters is 1. The summed E-state index contributed by atoms with van der Waals surface area (Å²) in [6.07, 6.45) is 0.132. The molecule has 2 aromatic carbocycles. The Hall–Kier alpha value is -2.40. The van der Waals surface area contributed by atoms with Crippen LogP contribution in [-0.4, -0.2) is 13.1 Å². The lowest BCUT2D eigenvalue weighted by molar-refractivity contribution is -0.425. The maximum Gasteiger partial charge on any atom is 0.311 e. The number of para-hydroxylation sites is 1. The SMILES string of the molecule is COC(=O)C[C@H]([NH3+])c1ccc(F)c(Oc2ccccc2)c1. The minimum atomic E-state index is -0.465. The molecule has 5 heteroatoms. The van der Waals surface area contributed by atoms with Gasteiger partial charge in [-0.25, -0.2) is 4.39 Å². The number of carbonyl (C=O) groups is 1. The predicted octanol–water partition coefficient (Wildman–Crippen LogP) is 2.46. The number of benzene rings is 2. The molecule has 2 aromatic rings. The monoisotopic (exact) mass is 290 g/mol. The summed E-state index contributed by atoms with van der Waals surface area (Å²) in [5.74, 6) is -0.169. The molecule has 0 aliphatic heterocycles. The Labute approximate surface area is 122 Å². The Morgan fingerprint density at radius 1 is 1.24 bits per heavy atom. The van der Waals surface area contributed by atoms with Crippen LogP contribution in [0.2, 0.25) is 0 Å². The number of hydrogen-bond acceptors (Lipinski definition) is 3. The molecule has 3 N–H and O–H groups in total. The number of quaternary nitrogens is 1. The summed E-state index contributed by atoms with van der Waals surface area (Å²) in [5, 5.41) is 0. The van der Waals surface area contributed by atoms with Crippen molar-refractivity contribution in [3.63, 3.8) is 0 Å². The van der Waals surface area contributed by atoms with Gasteiger partial charge in [-0.15, -0.1) is 0 Å². The van der Waals surface area contributed by atoms with Gasteiger partial charge in [0.15, 0.2) is 11.6 Å². The van der Waals surface area contributed by atoms with Crippen molar-refractivity contribution in [2.24, 2.45) is 0 Å². The van der Waals surface area contributed by atoms with Gasteiger partial charge in [0, 0.05) is 5.56 Å². The van der Waals surface area contributed by atoms with Crippen LogP contribution in [0.3, 0.4) is 0 Å². The second kappa shape index (κ2) is 6.85. The van der Waals surface area contributed by atoms with Crippen LogP contribution < -0.4 is 10.5 Å². The highest BCUT2D eigenvalue weighted by atomic mass is 19.1. The average molecular weight is 290 g/mol. The molecule has 0 spiro atoms. The van der Waals surface area contributed by atoms with Crippen LogP contribution in [0.15, 0.2) is 48.5 Å². The minimum Gasteiger partial charge on any atom is -0.469 e. The summed E-state index contributed by atoms with van der Waals surface area (Å²) >= 11 is 0. The first-order chi connectivity index (χ1) is 10.1. The van der Waals surface area contributed by atoms with Gasteiger partial charge in [-0.3, -0.25) is 4.79 Å². The van der Waals surface area contributed by atoms with E-state index in [1.807, 2.05) is 6.07 Å². The van der Waals surface area contributed by atoms with Crippen molar-refractivity contribution >= 4 is 5.97 Å². The third-order valence-corrected chi connectivity index (χ3v) is 3.04. The van der Waals surface area contributed by atoms with Crippen LogP contribution in [0.25, 0.3) is 0 Å². The van der Waals surface area contributed by atoms with Crippen molar-refractivity contribution in [2.45, 2.75) is 12.5 Å². The largest absolute Gasteiger partial charge is 0.469 e. The topological polar surface area (TPSA) is 63.2 Å². The molecule has 110 valence electrons. The molecule has 0 fully saturated rings. The van der Waals surface area contributed by atoms with Crippen LogP contribution in [0.1, 0.15) is 18.0 Å². The molecule has 2 rings (SSSR count). The second-order valence-corrected chi connectivity index (χ2v) is 4.58. The Morgan fingerprint density at radius 2 is 1.95 bits per heavy atom. The highest BCUT2D eigenvalue weighted by molar-refractivity contribution is 5.70. The van der Waals surface area contributed by atoms with Crippen molar-refractivity contribution in [1.82, 2.24) is 0 Å². The van der Waals surface area contributed by atoms with E-state index in [1.165, 1.54) is 13.2 Å². The Morgan fingerprint density at radius 3 is 2.62 bits per heavy atom. The van der Waals surface area contributed by atoms with E-state index in [4.69, 9.17) is 4.74 Å². The molecule has 0 amide bonds. The fourth-order valence-electron chi connectivity index (χ4n) is 1.87. The number of ether oxygens (including phenoxy) is 2.